The monoisotopic (exact) mass is 237 g/mol. The number of hydrogen-bond donors (Lipinski definition) is 2. The van der Waals surface area contributed by atoms with E-state index in [9.17, 15) is 15.2 Å². The highest BCUT2D eigenvalue weighted by Gasteiger charge is 2.34. The van der Waals surface area contributed by atoms with Crippen molar-refractivity contribution in [2.75, 3.05) is 11.9 Å². The Labute approximate surface area is 98.8 Å². The largest absolute Gasteiger partial charge is 0.388 e. The van der Waals surface area contributed by atoms with Crippen LogP contribution in [0.25, 0.3) is 0 Å². The summed E-state index contributed by atoms with van der Waals surface area (Å²) in [4.78, 5) is 14.4. The molecule has 0 saturated heterocycles. The Morgan fingerprint density at radius 3 is 2.88 bits per heavy atom. The van der Waals surface area contributed by atoms with E-state index in [1.54, 1.807) is 13.0 Å². The first-order valence-electron chi connectivity index (χ1n) is 5.58. The summed E-state index contributed by atoms with van der Waals surface area (Å²) in [7, 11) is 0. The number of anilines is 1. The van der Waals surface area contributed by atoms with Crippen LogP contribution in [0.15, 0.2) is 12.3 Å². The molecule has 1 fully saturated rings. The maximum absolute atomic E-state index is 10.9. The second kappa shape index (κ2) is 4.29. The molecule has 0 atom stereocenters. The lowest BCUT2D eigenvalue weighted by atomic mass is 9.80. The van der Waals surface area contributed by atoms with Crippen LogP contribution < -0.4 is 5.32 Å². The van der Waals surface area contributed by atoms with Crippen molar-refractivity contribution in [3.63, 3.8) is 0 Å². The first-order valence-corrected chi connectivity index (χ1v) is 5.58. The number of rotatable bonds is 4. The zero-order valence-corrected chi connectivity index (χ0v) is 9.64. The molecular formula is C11H15N3O3. The normalized spacial score (nSPS) is 17.3. The van der Waals surface area contributed by atoms with Crippen LogP contribution in [0.1, 0.15) is 24.8 Å². The molecule has 17 heavy (non-hydrogen) atoms. The van der Waals surface area contributed by atoms with Gasteiger partial charge < -0.3 is 10.4 Å². The van der Waals surface area contributed by atoms with Crippen molar-refractivity contribution in [3.05, 3.63) is 27.9 Å². The first-order chi connectivity index (χ1) is 8.02. The van der Waals surface area contributed by atoms with Gasteiger partial charge in [-0.1, -0.05) is 0 Å². The van der Waals surface area contributed by atoms with E-state index in [1.807, 2.05) is 0 Å². The lowest BCUT2D eigenvalue weighted by molar-refractivity contribution is -0.384. The molecule has 1 aromatic rings. The number of hydrogen-bond acceptors (Lipinski definition) is 5. The van der Waals surface area contributed by atoms with Gasteiger partial charge in [-0.3, -0.25) is 10.1 Å². The zero-order chi connectivity index (χ0) is 12.5. The van der Waals surface area contributed by atoms with Gasteiger partial charge in [-0.05, 0) is 32.3 Å². The van der Waals surface area contributed by atoms with Gasteiger partial charge in [-0.15, -0.1) is 0 Å². The number of nitrogens with zero attached hydrogens (tertiary/aromatic N) is 2. The summed E-state index contributed by atoms with van der Waals surface area (Å²) in [5.74, 6) is 0.232. The Morgan fingerprint density at radius 2 is 2.35 bits per heavy atom. The van der Waals surface area contributed by atoms with Crippen LogP contribution >= 0.6 is 0 Å². The highest BCUT2D eigenvalue weighted by Crippen LogP contribution is 2.33. The lowest BCUT2D eigenvalue weighted by Crippen LogP contribution is -2.43. The van der Waals surface area contributed by atoms with E-state index in [1.165, 1.54) is 6.20 Å². The van der Waals surface area contributed by atoms with Crippen molar-refractivity contribution in [2.24, 2.45) is 0 Å². The molecule has 92 valence electrons. The minimum Gasteiger partial charge on any atom is -0.388 e. The summed E-state index contributed by atoms with van der Waals surface area (Å²) in [5.41, 5.74) is -0.178. The molecule has 0 aliphatic heterocycles. The van der Waals surface area contributed by atoms with Crippen LogP contribution in [0, 0.1) is 17.0 Å². The van der Waals surface area contributed by atoms with E-state index < -0.39 is 10.5 Å². The fourth-order valence-electron chi connectivity index (χ4n) is 1.92. The van der Waals surface area contributed by atoms with Gasteiger partial charge in [0.2, 0.25) is 5.82 Å². The molecule has 2 N–H and O–H groups in total. The predicted molar refractivity (Wildman–Crippen MR) is 62.9 cm³/mol. The van der Waals surface area contributed by atoms with Gasteiger partial charge in [0.25, 0.3) is 0 Å². The summed E-state index contributed by atoms with van der Waals surface area (Å²) in [6, 6.07) is 1.60. The Bertz CT molecular complexity index is 444. The minimum absolute atomic E-state index is 0.0181. The second-order valence-electron chi connectivity index (χ2n) is 4.51. The van der Waals surface area contributed by atoms with E-state index in [4.69, 9.17) is 0 Å². The average Bonchev–Trinajstić information content (AvgIpc) is 2.23. The number of aliphatic hydroxyl groups is 1. The maximum Gasteiger partial charge on any atom is 0.314 e. The zero-order valence-electron chi connectivity index (χ0n) is 9.64. The quantitative estimate of drug-likeness (QED) is 0.613. The Morgan fingerprint density at radius 1 is 1.65 bits per heavy atom. The Balaban J connectivity index is 2.15. The van der Waals surface area contributed by atoms with Crippen LogP contribution in [0.4, 0.5) is 11.5 Å². The third-order valence-corrected chi connectivity index (χ3v) is 3.18. The highest BCUT2D eigenvalue weighted by atomic mass is 16.6. The molecule has 1 saturated carbocycles. The molecule has 0 spiro atoms. The van der Waals surface area contributed by atoms with Crippen molar-refractivity contribution >= 4 is 11.5 Å². The van der Waals surface area contributed by atoms with Crippen LogP contribution in [0.2, 0.25) is 0 Å². The summed E-state index contributed by atoms with van der Waals surface area (Å²) in [6.45, 7) is 1.98. The van der Waals surface area contributed by atoms with Gasteiger partial charge in [0.15, 0.2) is 0 Å². The molecule has 6 heteroatoms. The third kappa shape index (κ3) is 2.36. The number of aromatic nitrogens is 1. The van der Waals surface area contributed by atoms with E-state index in [0.29, 0.717) is 12.1 Å². The molecule has 1 aromatic heterocycles. The average molecular weight is 237 g/mol. The molecule has 1 aliphatic rings. The molecule has 0 radical (unpaired) electrons. The van der Waals surface area contributed by atoms with Gasteiger partial charge >= 0.3 is 5.69 Å². The van der Waals surface area contributed by atoms with Gasteiger partial charge in [0, 0.05) is 18.3 Å². The molecule has 1 aliphatic carbocycles. The smallest absolute Gasteiger partial charge is 0.314 e. The van der Waals surface area contributed by atoms with E-state index in [2.05, 4.69) is 10.3 Å². The Hall–Kier alpha value is -1.69. The molecule has 0 unspecified atom stereocenters. The molecule has 0 amide bonds. The predicted octanol–water partition coefficient (Wildman–Crippen LogP) is 1.63. The van der Waals surface area contributed by atoms with Gasteiger partial charge in [0.1, 0.15) is 0 Å². The molecule has 0 aromatic carbocycles. The maximum atomic E-state index is 10.9. The number of aryl methyl sites for hydroxylation is 1. The van der Waals surface area contributed by atoms with Crippen LogP contribution in [-0.2, 0) is 0 Å². The second-order valence-corrected chi connectivity index (χ2v) is 4.51. The number of nitrogens with one attached hydrogen (secondary N) is 1. The molecule has 2 rings (SSSR count). The van der Waals surface area contributed by atoms with Crippen LogP contribution in [0.5, 0.6) is 0 Å². The van der Waals surface area contributed by atoms with Gasteiger partial charge in [-0.2, -0.15) is 0 Å². The summed E-state index contributed by atoms with van der Waals surface area (Å²) >= 11 is 0. The van der Waals surface area contributed by atoms with Crippen LogP contribution in [0.3, 0.4) is 0 Å². The minimum atomic E-state index is -0.723. The molecule has 6 nitrogen and oxygen atoms in total. The molecular weight excluding hydrogens is 222 g/mol. The van der Waals surface area contributed by atoms with E-state index >= 15 is 0 Å². The fourth-order valence-corrected chi connectivity index (χ4v) is 1.92. The first kappa shape index (κ1) is 11.8. The van der Waals surface area contributed by atoms with Crippen molar-refractivity contribution in [1.29, 1.82) is 0 Å². The van der Waals surface area contributed by atoms with Crippen molar-refractivity contribution in [2.45, 2.75) is 31.8 Å². The molecule has 1 heterocycles. The number of nitro groups is 1. The SMILES string of the molecule is Cc1ccnc(NCC2(O)CCC2)c1[N+](=O)[O-]. The van der Waals surface area contributed by atoms with Crippen molar-refractivity contribution in [1.82, 2.24) is 4.98 Å². The fraction of sp³-hybridized carbons (Fsp3) is 0.545. The van der Waals surface area contributed by atoms with E-state index in [0.717, 1.165) is 19.3 Å². The summed E-state index contributed by atoms with van der Waals surface area (Å²) < 4.78 is 0. The van der Waals surface area contributed by atoms with Crippen molar-refractivity contribution < 1.29 is 10.0 Å². The van der Waals surface area contributed by atoms with Crippen LogP contribution in [-0.4, -0.2) is 27.2 Å². The third-order valence-electron chi connectivity index (χ3n) is 3.18. The summed E-state index contributed by atoms with van der Waals surface area (Å²) in [5, 5.41) is 23.7. The van der Waals surface area contributed by atoms with E-state index in [-0.39, 0.29) is 11.5 Å². The van der Waals surface area contributed by atoms with Gasteiger partial charge in [0.05, 0.1) is 10.5 Å². The highest BCUT2D eigenvalue weighted by molar-refractivity contribution is 5.59. The lowest BCUT2D eigenvalue weighted by Gasteiger charge is -2.36. The number of pyridine rings is 1. The Kier molecular flexibility index (Phi) is 2.97. The summed E-state index contributed by atoms with van der Waals surface area (Å²) in [6.07, 6.45) is 4.00. The molecule has 0 bridgehead atoms. The van der Waals surface area contributed by atoms with Gasteiger partial charge in [-0.25, -0.2) is 4.98 Å². The standard InChI is InChI=1S/C11H15N3O3/c1-8-3-6-12-10(9(8)14(16)17)13-7-11(15)4-2-5-11/h3,6,15H,2,4-5,7H2,1H3,(H,12,13). The van der Waals surface area contributed by atoms with Crippen molar-refractivity contribution in [3.8, 4) is 0 Å². The topological polar surface area (TPSA) is 88.3 Å².